The van der Waals surface area contributed by atoms with Crippen molar-refractivity contribution in [3.8, 4) is 33.6 Å². The first kappa shape index (κ1) is 34.9. The van der Waals surface area contributed by atoms with E-state index in [0.717, 1.165) is 28.9 Å². The topological polar surface area (TPSA) is 25.8 Å². The summed E-state index contributed by atoms with van der Waals surface area (Å²) in [5, 5.41) is 2.61. The molecule has 0 saturated carbocycles. The molecule has 0 fully saturated rings. The number of fused-ring (bicyclic) bond motifs is 3. The fourth-order valence-electron chi connectivity index (χ4n) is 5.72. The van der Waals surface area contributed by atoms with E-state index in [1.807, 2.05) is 54.1 Å². The van der Waals surface area contributed by atoms with Crippen LogP contribution in [0.1, 0.15) is 26.3 Å². The maximum atomic E-state index is 4.72. The zero-order chi connectivity index (χ0) is 32.3. The summed E-state index contributed by atoms with van der Waals surface area (Å²) in [6.07, 6.45) is 5.01. The molecule has 0 aliphatic heterocycles. The van der Waals surface area contributed by atoms with Crippen molar-refractivity contribution >= 4 is 49.2 Å². The molecule has 0 aliphatic rings. The minimum absolute atomic E-state index is 0. The molecule has 7 rings (SSSR count). The van der Waals surface area contributed by atoms with Crippen LogP contribution in [0.2, 0.25) is 17.3 Å². The summed E-state index contributed by atoms with van der Waals surface area (Å²) in [4.78, 5) is 9.25. The smallest absolute Gasteiger partial charge is 0 e. The fraction of sp³-hybridized carbons (Fsp3) is 0.190. The van der Waals surface area contributed by atoms with E-state index in [-0.39, 0.29) is 25.5 Å². The molecular weight excluding hydrogens is 829 g/mol. The van der Waals surface area contributed by atoms with Gasteiger partial charge in [-0.2, -0.15) is 11.3 Å². The van der Waals surface area contributed by atoms with Crippen molar-refractivity contribution in [3.05, 3.63) is 139 Å². The first-order chi connectivity index (χ1) is 22.1. The minimum atomic E-state index is -1.72. The number of benzene rings is 4. The summed E-state index contributed by atoms with van der Waals surface area (Å²) < 4.78 is 4.01. The third-order valence-corrected chi connectivity index (χ3v) is 13.4. The van der Waals surface area contributed by atoms with E-state index in [1.54, 1.807) is 0 Å². The van der Waals surface area contributed by atoms with Crippen molar-refractivity contribution in [2.75, 3.05) is 0 Å². The van der Waals surface area contributed by atoms with Gasteiger partial charge in [-0.25, -0.2) is 0 Å². The van der Waals surface area contributed by atoms with Crippen molar-refractivity contribution in [2.24, 2.45) is 5.41 Å². The Kier molecular flexibility index (Phi) is 11.0. The summed E-state index contributed by atoms with van der Waals surface area (Å²) in [7, 11) is 0. The van der Waals surface area contributed by atoms with Gasteiger partial charge in [0.05, 0.1) is 0 Å². The molecule has 1 radical (unpaired) electrons. The van der Waals surface area contributed by atoms with Gasteiger partial charge in [0, 0.05) is 31.0 Å². The predicted octanol–water partition coefficient (Wildman–Crippen LogP) is 11.3. The number of hydrogen-bond donors (Lipinski definition) is 0. The van der Waals surface area contributed by atoms with E-state index < -0.39 is 13.3 Å². The van der Waals surface area contributed by atoms with Crippen molar-refractivity contribution in [1.29, 1.82) is 0 Å². The molecule has 0 unspecified atom stereocenters. The minimum Gasteiger partial charge on any atom is 0 e. The Morgan fingerprint density at radius 1 is 0.745 bits per heavy atom. The summed E-state index contributed by atoms with van der Waals surface area (Å²) in [6.45, 7) is 6.82. The van der Waals surface area contributed by atoms with Crippen LogP contribution in [0.15, 0.2) is 122 Å². The number of nitrogens with zero attached hydrogens (tertiary/aromatic N) is 2. The molecule has 3 aromatic heterocycles. The molecule has 47 heavy (non-hydrogen) atoms. The molecule has 4 aromatic carbocycles. The van der Waals surface area contributed by atoms with E-state index in [9.17, 15) is 0 Å². The molecule has 0 amide bonds. The van der Waals surface area contributed by atoms with Crippen LogP contribution in [0.4, 0.5) is 0 Å². The van der Waals surface area contributed by atoms with Gasteiger partial charge in [-0.1, -0.05) is 80.3 Å². The molecule has 0 bridgehead atoms. The van der Waals surface area contributed by atoms with Gasteiger partial charge in [-0.05, 0) is 50.9 Å². The van der Waals surface area contributed by atoms with Crippen LogP contribution in [-0.4, -0.2) is 23.2 Å². The van der Waals surface area contributed by atoms with Crippen LogP contribution < -0.4 is 4.40 Å². The standard InChI is InChI=1S/C28H24NS.C14H16GeN.Ir/c1-28(2,3)18-19-15-16-29-24(17-19)22-12-7-13-23-26-21(20-9-5-4-6-10-20)11-8-14-25(26)30-27(22)23;1-15(2,3)13-9-10-14(16-11-13)12-7-5-4-6-8-12;/h4-11,13-17H,18H2,1-3H3;4-7,9-11H,1-3H3;/q2*-1;. The normalized spacial score (nSPS) is 11.5. The summed E-state index contributed by atoms with van der Waals surface area (Å²) in [5.74, 6) is 7.14. The van der Waals surface area contributed by atoms with Crippen molar-refractivity contribution < 1.29 is 20.1 Å². The van der Waals surface area contributed by atoms with E-state index >= 15 is 0 Å². The first-order valence-electron chi connectivity index (χ1n) is 15.9. The van der Waals surface area contributed by atoms with Crippen LogP contribution in [0.25, 0.3) is 53.8 Å². The van der Waals surface area contributed by atoms with Crippen molar-refractivity contribution in [1.82, 2.24) is 9.97 Å². The van der Waals surface area contributed by atoms with E-state index in [1.165, 1.54) is 41.3 Å². The molecule has 0 aliphatic carbocycles. The Bertz CT molecular complexity index is 2070. The van der Waals surface area contributed by atoms with Gasteiger partial charge < -0.3 is 4.98 Å². The maximum Gasteiger partial charge on any atom is 0 e. The molecule has 239 valence electrons. The third kappa shape index (κ3) is 8.37. The van der Waals surface area contributed by atoms with Gasteiger partial charge in [0.25, 0.3) is 0 Å². The van der Waals surface area contributed by atoms with Crippen LogP contribution in [-0.2, 0) is 26.5 Å². The Labute approximate surface area is 300 Å². The largest absolute Gasteiger partial charge is 0 e. The van der Waals surface area contributed by atoms with Crippen LogP contribution in [0.5, 0.6) is 0 Å². The third-order valence-electron chi connectivity index (χ3n) is 7.97. The van der Waals surface area contributed by atoms with Gasteiger partial charge in [0.15, 0.2) is 0 Å². The number of thiophene rings is 1. The molecule has 0 saturated heterocycles. The second-order valence-corrected chi connectivity index (χ2v) is 25.7. The number of pyridine rings is 2. The van der Waals surface area contributed by atoms with E-state index in [2.05, 4.69) is 134 Å². The molecule has 2 nitrogen and oxygen atoms in total. The van der Waals surface area contributed by atoms with E-state index in [4.69, 9.17) is 4.98 Å². The van der Waals surface area contributed by atoms with Crippen molar-refractivity contribution in [2.45, 2.75) is 44.5 Å². The fourth-order valence-corrected chi connectivity index (χ4v) is 9.13. The van der Waals surface area contributed by atoms with Gasteiger partial charge in [-0.15, -0.1) is 23.8 Å². The zero-order valence-corrected chi connectivity index (χ0v) is 33.2. The number of aromatic nitrogens is 2. The van der Waals surface area contributed by atoms with E-state index in [0.29, 0.717) is 0 Å². The first-order valence-corrected chi connectivity index (χ1v) is 24.0. The molecular formula is C42H40GeIrN2S-2. The van der Waals surface area contributed by atoms with Gasteiger partial charge in [0.1, 0.15) is 0 Å². The zero-order valence-electron chi connectivity index (χ0n) is 27.9. The number of hydrogen-bond acceptors (Lipinski definition) is 3. The predicted molar refractivity (Wildman–Crippen MR) is 201 cm³/mol. The summed E-state index contributed by atoms with van der Waals surface area (Å²) in [5.41, 5.74) is 8.29. The van der Waals surface area contributed by atoms with Gasteiger partial charge in [0.2, 0.25) is 0 Å². The Balaban J connectivity index is 0.000000217. The summed E-state index contributed by atoms with van der Waals surface area (Å²) in [6, 6.07) is 44.8. The molecule has 0 atom stereocenters. The second-order valence-electron chi connectivity index (χ2n) is 14.0. The van der Waals surface area contributed by atoms with Gasteiger partial charge >= 0.3 is 99.8 Å². The Morgan fingerprint density at radius 3 is 2.21 bits per heavy atom. The Hall–Kier alpha value is -3.41. The quantitative estimate of drug-likeness (QED) is 0.127. The average molecular weight is 870 g/mol. The number of rotatable bonds is 5. The SMILES string of the molecule is CC(C)(C)Cc1ccnc(-c2[c-]ccc3c2sc2cccc(-c4ccccc4)c23)c1.[CH3][Ge]([CH3])([CH3])[c]1ccc(-c2[c-]cccc2)nc1.[Ir]. The van der Waals surface area contributed by atoms with Gasteiger partial charge in [-0.3, -0.25) is 0 Å². The molecule has 0 N–H and O–H groups in total. The average Bonchev–Trinajstić information content (AvgIpc) is 3.44. The monoisotopic (exact) mass is 871 g/mol. The molecule has 0 spiro atoms. The Morgan fingerprint density at radius 2 is 1.53 bits per heavy atom. The summed E-state index contributed by atoms with van der Waals surface area (Å²) >= 11 is 0.124. The van der Waals surface area contributed by atoms with Crippen LogP contribution in [0, 0.1) is 17.5 Å². The second kappa shape index (κ2) is 14.8. The van der Waals surface area contributed by atoms with Crippen LogP contribution in [0.3, 0.4) is 0 Å². The molecule has 7 aromatic rings. The molecule has 5 heteroatoms. The van der Waals surface area contributed by atoms with Crippen LogP contribution >= 0.6 is 11.3 Å². The molecule has 3 heterocycles. The maximum absolute atomic E-state index is 4.72. The van der Waals surface area contributed by atoms with Crippen molar-refractivity contribution in [3.63, 3.8) is 0 Å².